The zero-order valence-electron chi connectivity index (χ0n) is 16.6. The van der Waals surface area contributed by atoms with E-state index >= 15 is 0 Å². The Morgan fingerprint density at radius 1 is 1.25 bits per heavy atom. The van der Waals surface area contributed by atoms with Gasteiger partial charge in [-0.05, 0) is 31.5 Å². The molecule has 0 radical (unpaired) electrons. The summed E-state index contributed by atoms with van der Waals surface area (Å²) >= 11 is 5.91. The van der Waals surface area contributed by atoms with E-state index in [0.717, 1.165) is 5.56 Å². The summed E-state index contributed by atoms with van der Waals surface area (Å²) < 4.78 is 0. The first-order valence-corrected chi connectivity index (χ1v) is 9.54. The van der Waals surface area contributed by atoms with Crippen LogP contribution in [0.15, 0.2) is 29.3 Å². The average Bonchev–Trinajstić information content (AvgIpc) is 2.62. The Hall–Kier alpha value is -1.55. The molecule has 9 heteroatoms. The van der Waals surface area contributed by atoms with Crippen molar-refractivity contribution in [1.29, 1.82) is 0 Å². The maximum atomic E-state index is 12.5. The van der Waals surface area contributed by atoms with Gasteiger partial charge in [-0.2, -0.15) is 0 Å². The van der Waals surface area contributed by atoms with Crippen molar-refractivity contribution in [3.8, 4) is 0 Å². The molecule has 2 amide bonds. The van der Waals surface area contributed by atoms with Gasteiger partial charge in [0.15, 0.2) is 5.96 Å². The van der Waals surface area contributed by atoms with Gasteiger partial charge in [-0.15, -0.1) is 24.0 Å². The van der Waals surface area contributed by atoms with E-state index in [4.69, 9.17) is 11.6 Å². The van der Waals surface area contributed by atoms with Gasteiger partial charge in [-0.25, -0.2) is 0 Å². The van der Waals surface area contributed by atoms with Crippen LogP contribution in [0.2, 0.25) is 5.02 Å². The molecule has 0 unspecified atom stereocenters. The van der Waals surface area contributed by atoms with E-state index < -0.39 is 0 Å². The van der Waals surface area contributed by atoms with Crippen molar-refractivity contribution in [2.75, 3.05) is 33.2 Å². The lowest BCUT2D eigenvalue weighted by atomic mass is 10.2. The van der Waals surface area contributed by atoms with E-state index in [-0.39, 0.29) is 48.4 Å². The van der Waals surface area contributed by atoms with Crippen molar-refractivity contribution in [3.63, 3.8) is 0 Å². The maximum Gasteiger partial charge on any atom is 0.242 e. The second-order valence-corrected chi connectivity index (χ2v) is 7.25. The fraction of sp³-hybridized carbons (Fsp3) is 0.526. The number of nitrogens with one attached hydrogen (secondary N) is 2. The van der Waals surface area contributed by atoms with Crippen LogP contribution in [0.25, 0.3) is 0 Å². The molecule has 2 rings (SSSR count). The molecular weight excluding hydrogens is 493 g/mol. The summed E-state index contributed by atoms with van der Waals surface area (Å²) in [5.74, 6) is 0.695. The molecule has 1 aromatic rings. The number of piperazine rings is 1. The monoisotopic (exact) mass is 521 g/mol. The number of aliphatic imine (C=N–C) groups is 1. The molecule has 0 spiro atoms. The molecule has 1 saturated heterocycles. The van der Waals surface area contributed by atoms with Crippen LogP contribution in [0.5, 0.6) is 0 Å². The molecule has 0 atom stereocenters. The molecule has 0 aliphatic carbocycles. The second kappa shape index (κ2) is 12.1. The Bertz CT molecular complexity index is 681. The van der Waals surface area contributed by atoms with Crippen LogP contribution in [0.4, 0.5) is 0 Å². The number of hydrogen-bond acceptors (Lipinski definition) is 3. The quantitative estimate of drug-likeness (QED) is 0.341. The van der Waals surface area contributed by atoms with Crippen LogP contribution >= 0.6 is 35.6 Å². The van der Waals surface area contributed by atoms with Gasteiger partial charge >= 0.3 is 0 Å². The van der Waals surface area contributed by atoms with Gasteiger partial charge in [0.25, 0.3) is 0 Å². The molecule has 28 heavy (non-hydrogen) atoms. The number of nitrogens with zero attached hydrogens (tertiary/aromatic N) is 3. The van der Waals surface area contributed by atoms with Crippen molar-refractivity contribution < 1.29 is 9.59 Å². The number of amides is 2. The van der Waals surface area contributed by atoms with E-state index in [0.29, 0.717) is 43.6 Å². The minimum atomic E-state index is -0.00295. The summed E-state index contributed by atoms with van der Waals surface area (Å²) in [6.07, 6.45) is 0.363. The molecule has 1 fully saturated rings. The lowest BCUT2D eigenvalue weighted by Crippen LogP contribution is -2.55. The first-order chi connectivity index (χ1) is 12.9. The van der Waals surface area contributed by atoms with Crippen molar-refractivity contribution in [2.45, 2.75) is 32.9 Å². The summed E-state index contributed by atoms with van der Waals surface area (Å²) in [5.41, 5.74) is 1.06. The Kier molecular flexibility index (Phi) is 10.6. The Labute approximate surface area is 188 Å². The highest BCUT2D eigenvalue weighted by Gasteiger charge is 2.25. The summed E-state index contributed by atoms with van der Waals surface area (Å²) in [6, 6.07) is 7.66. The van der Waals surface area contributed by atoms with Crippen molar-refractivity contribution in [3.05, 3.63) is 34.9 Å². The van der Waals surface area contributed by atoms with Crippen LogP contribution in [0, 0.1) is 0 Å². The molecule has 156 valence electrons. The summed E-state index contributed by atoms with van der Waals surface area (Å²) in [6.45, 7) is 6.49. The molecule has 2 N–H and O–H groups in total. The highest BCUT2D eigenvalue weighted by molar-refractivity contribution is 14.0. The van der Waals surface area contributed by atoms with Crippen LogP contribution in [-0.2, 0) is 16.1 Å². The zero-order valence-corrected chi connectivity index (χ0v) is 19.7. The number of guanidine groups is 1. The number of carbonyl (C=O) groups excluding carboxylic acids is 2. The van der Waals surface area contributed by atoms with Gasteiger partial charge < -0.3 is 20.4 Å². The predicted molar refractivity (Wildman–Crippen MR) is 123 cm³/mol. The predicted octanol–water partition coefficient (Wildman–Crippen LogP) is 2.09. The van der Waals surface area contributed by atoms with Gasteiger partial charge in [0.1, 0.15) is 0 Å². The Morgan fingerprint density at radius 2 is 1.93 bits per heavy atom. The van der Waals surface area contributed by atoms with Gasteiger partial charge in [-0.3, -0.25) is 14.6 Å². The fourth-order valence-corrected chi connectivity index (χ4v) is 3.01. The standard InChI is InChI=1S/C19H28ClN5O2.HI/c1-14(2)23-17(26)8-9-22-19(21-3)25-11-10-24(18(27)13-25)12-15-4-6-16(20)7-5-15;/h4-7,14H,8-13H2,1-3H3,(H,21,22)(H,23,26);1H. The number of halogens is 2. The number of carbonyl (C=O) groups is 2. The van der Waals surface area contributed by atoms with E-state index in [1.165, 1.54) is 0 Å². The molecule has 0 bridgehead atoms. The maximum absolute atomic E-state index is 12.5. The molecule has 1 aromatic carbocycles. The van der Waals surface area contributed by atoms with Crippen LogP contribution in [0.3, 0.4) is 0 Å². The van der Waals surface area contributed by atoms with Crippen LogP contribution in [-0.4, -0.2) is 66.8 Å². The van der Waals surface area contributed by atoms with E-state index in [2.05, 4.69) is 15.6 Å². The SMILES string of the molecule is CN=C(NCCC(=O)NC(C)C)N1CCN(Cc2ccc(Cl)cc2)C(=O)C1.I. The largest absolute Gasteiger partial charge is 0.356 e. The van der Waals surface area contributed by atoms with E-state index in [1.807, 2.05) is 47.9 Å². The lowest BCUT2D eigenvalue weighted by Gasteiger charge is -2.36. The molecule has 1 aliphatic rings. The van der Waals surface area contributed by atoms with Gasteiger partial charge in [0.2, 0.25) is 11.8 Å². The Morgan fingerprint density at radius 3 is 2.50 bits per heavy atom. The summed E-state index contributed by atoms with van der Waals surface area (Å²) in [4.78, 5) is 32.2. The minimum Gasteiger partial charge on any atom is -0.356 e. The second-order valence-electron chi connectivity index (χ2n) is 6.81. The van der Waals surface area contributed by atoms with Gasteiger partial charge in [0, 0.05) is 50.7 Å². The zero-order chi connectivity index (χ0) is 19.8. The van der Waals surface area contributed by atoms with Crippen molar-refractivity contribution in [1.82, 2.24) is 20.4 Å². The van der Waals surface area contributed by atoms with Crippen molar-refractivity contribution >= 4 is 53.4 Å². The summed E-state index contributed by atoms with van der Waals surface area (Å²) in [5, 5.41) is 6.70. The molecule has 1 aliphatic heterocycles. The van der Waals surface area contributed by atoms with Crippen LogP contribution < -0.4 is 10.6 Å². The van der Waals surface area contributed by atoms with Gasteiger partial charge in [-0.1, -0.05) is 23.7 Å². The molecule has 0 aromatic heterocycles. The molecule has 7 nitrogen and oxygen atoms in total. The highest BCUT2D eigenvalue weighted by Crippen LogP contribution is 2.13. The van der Waals surface area contributed by atoms with E-state index in [9.17, 15) is 9.59 Å². The summed E-state index contributed by atoms with van der Waals surface area (Å²) in [7, 11) is 1.68. The Balaban J connectivity index is 0.00000392. The third kappa shape index (κ3) is 7.83. The molecule has 1 heterocycles. The van der Waals surface area contributed by atoms with Crippen molar-refractivity contribution in [2.24, 2.45) is 4.99 Å². The van der Waals surface area contributed by atoms with Gasteiger partial charge in [0.05, 0.1) is 6.54 Å². The molecular formula is C19H29ClIN5O2. The third-order valence-electron chi connectivity index (χ3n) is 4.20. The smallest absolute Gasteiger partial charge is 0.242 e. The minimum absolute atomic E-state index is 0. The van der Waals surface area contributed by atoms with E-state index in [1.54, 1.807) is 7.05 Å². The molecule has 0 saturated carbocycles. The number of hydrogen-bond donors (Lipinski definition) is 2. The first kappa shape index (κ1) is 24.5. The fourth-order valence-electron chi connectivity index (χ4n) is 2.88. The lowest BCUT2D eigenvalue weighted by molar-refractivity contribution is -0.135. The van der Waals surface area contributed by atoms with Crippen LogP contribution in [0.1, 0.15) is 25.8 Å². The third-order valence-corrected chi connectivity index (χ3v) is 4.45. The normalized spacial score (nSPS) is 14.8. The topological polar surface area (TPSA) is 77.0 Å². The number of benzene rings is 1. The first-order valence-electron chi connectivity index (χ1n) is 9.16. The average molecular weight is 522 g/mol. The highest BCUT2D eigenvalue weighted by atomic mass is 127. The number of rotatable bonds is 6.